The molecule has 82 valence electrons. The number of nitrogens with zero attached hydrogens (tertiary/aromatic N) is 1. The first-order valence-electron chi connectivity index (χ1n) is 4.34. The topological polar surface area (TPSA) is 77.2 Å². The Morgan fingerprint density at radius 2 is 2.40 bits per heavy atom. The van der Waals surface area contributed by atoms with Crippen LogP contribution in [0.2, 0.25) is 5.02 Å². The summed E-state index contributed by atoms with van der Waals surface area (Å²) in [6.07, 6.45) is 0. The predicted molar refractivity (Wildman–Crippen MR) is 57.9 cm³/mol. The van der Waals surface area contributed by atoms with E-state index in [-0.39, 0.29) is 22.4 Å². The summed E-state index contributed by atoms with van der Waals surface area (Å²) in [5.41, 5.74) is 5.58. The SMILES string of the molecule is COCCNC(=O)c1nc(N)ccc1Cl. The largest absolute Gasteiger partial charge is 0.384 e. The number of nitrogens with two attached hydrogens (primary N) is 1. The molecule has 0 aromatic carbocycles. The van der Waals surface area contributed by atoms with E-state index in [2.05, 4.69) is 10.3 Å². The summed E-state index contributed by atoms with van der Waals surface area (Å²) in [6.45, 7) is 0.841. The van der Waals surface area contributed by atoms with E-state index in [9.17, 15) is 4.79 Å². The Morgan fingerprint density at radius 3 is 3.07 bits per heavy atom. The number of hydrogen-bond acceptors (Lipinski definition) is 4. The van der Waals surface area contributed by atoms with Gasteiger partial charge in [-0.25, -0.2) is 4.98 Å². The van der Waals surface area contributed by atoms with Gasteiger partial charge in [0.25, 0.3) is 5.91 Å². The molecule has 0 spiro atoms. The summed E-state index contributed by atoms with van der Waals surface area (Å²) in [4.78, 5) is 15.4. The van der Waals surface area contributed by atoms with Gasteiger partial charge in [-0.3, -0.25) is 4.79 Å². The van der Waals surface area contributed by atoms with Gasteiger partial charge in [0.2, 0.25) is 0 Å². The van der Waals surface area contributed by atoms with Crippen molar-refractivity contribution >= 4 is 23.3 Å². The quantitative estimate of drug-likeness (QED) is 0.745. The summed E-state index contributed by atoms with van der Waals surface area (Å²) in [7, 11) is 1.55. The minimum atomic E-state index is -0.357. The lowest BCUT2D eigenvalue weighted by atomic mass is 10.3. The number of halogens is 1. The molecule has 3 N–H and O–H groups in total. The summed E-state index contributed by atoms with van der Waals surface area (Å²) >= 11 is 5.79. The third-order valence-electron chi connectivity index (χ3n) is 1.67. The number of nitrogen functional groups attached to an aromatic ring is 1. The van der Waals surface area contributed by atoms with Crippen LogP contribution in [0.3, 0.4) is 0 Å². The average Bonchev–Trinajstić information content (AvgIpc) is 2.22. The molecule has 0 atom stereocenters. The number of hydrogen-bond donors (Lipinski definition) is 2. The Bertz CT molecular complexity index is 357. The van der Waals surface area contributed by atoms with Gasteiger partial charge in [-0.1, -0.05) is 11.6 Å². The van der Waals surface area contributed by atoms with Crippen LogP contribution in [0.1, 0.15) is 10.5 Å². The second-order valence-corrected chi connectivity index (χ2v) is 3.22. The Labute approximate surface area is 92.6 Å². The van der Waals surface area contributed by atoms with Crippen LogP contribution < -0.4 is 11.1 Å². The molecule has 0 aliphatic carbocycles. The van der Waals surface area contributed by atoms with Crippen LogP contribution in [0.25, 0.3) is 0 Å². The Kier molecular flexibility index (Phi) is 4.33. The highest BCUT2D eigenvalue weighted by Gasteiger charge is 2.11. The number of methoxy groups -OCH3 is 1. The lowest BCUT2D eigenvalue weighted by Crippen LogP contribution is -2.28. The monoisotopic (exact) mass is 229 g/mol. The first-order chi connectivity index (χ1) is 7.15. The Balaban J connectivity index is 2.68. The zero-order valence-electron chi connectivity index (χ0n) is 8.29. The van der Waals surface area contributed by atoms with Gasteiger partial charge in [-0.2, -0.15) is 0 Å². The van der Waals surface area contributed by atoms with Crippen LogP contribution in [0.4, 0.5) is 5.82 Å². The molecular formula is C9H12ClN3O2. The Hall–Kier alpha value is -1.33. The van der Waals surface area contributed by atoms with E-state index in [1.165, 1.54) is 12.1 Å². The number of anilines is 1. The second-order valence-electron chi connectivity index (χ2n) is 2.82. The van der Waals surface area contributed by atoms with Crippen LogP contribution in [0.5, 0.6) is 0 Å². The molecule has 0 saturated carbocycles. The summed E-state index contributed by atoms with van der Waals surface area (Å²) in [5, 5.41) is 2.88. The fraction of sp³-hybridized carbons (Fsp3) is 0.333. The molecule has 0 radical (unpaired) electrons. The number of amides is 1. The zero-order chi connectivity index (χ0) is 11.3. The molecule has 15 heavy (non-hydrogen) atoms. The molecule has 0 aliphatic rings. The van der Waals surface area contributed by atoms with E-state index >= 15 is 0 Å². The molecule has 0 bridgehead atoms. The van der Waals surface area contributed by atoms with E-state index in [4.69, 9.17) is 22.1 Å². The maximum absolute atomic E-state index is 11.5. The number of nitrogens with one attached hydrogen (secondary N) is 1. The van der Waals surface area contributed by atoms with Crippen molar-refractivity contribution in [3.8, 4) is 0 Å². The number of ether oxygens (including phenoxy) is 1. The normalized spacial score (nSPS) is 10.0. The number of pyridine rings is 1. The van der Waals surface area contributed by atoms with Crippen molar-refractivity contribution in [2.75, 3.05) is 26.0 Å². The van der Waals surface area contributed by atoms with Crippen LogP contribution in [-0.2, 0) is 4.74 Å². The van der Waals surface area contributed by atoms with Crippen molar-refractivity contribution in [2.24, 2.45) is 0 Å². The van der Waals surface area contributed by atoms with E-state index in [0.717, 1.165) is 0 Å². The number of carbonyl (C=O) groups is 1. The highest BCUT2D eigenvalue weighted by molar-refractivity contribution is 6.33. The maximum atomic E-state index is 11.5. The molecular weight excluding hydrogens is 218 g/mol. The van der Waals surface area contributed by atoms with Crippen molar-refractivity contribution in [3.05, 3.63) is 22.8 Å². The molecule has 0 saturated heterocycles. The van der Waals surface area contributed by atoms with Gasteiger partial charge >= 0.3 is 0 Å². The van der Waals surface area contributed by atoms with Gasteiger partial charge < -0.3 is 15.8 Å². The number of rotatable bonds is 4. The summed E-state index contributed by atoms with van der Waals surface area (Å²) < 4.78 is 4.79. The van der Waals surface area contributed by atoms with Crippen molar-refractivity contribution in [3.63, 3.8) is 0 Å². The molecule has 0 unspecified atom stereocenters. The molecule has 1 aromatic rings. The zero-order valence-corrected chi connectivity index (χ0v) is 9.04. The van der Waals surface area contributed by atoms with Gasteiger partial charge in [-0.05, 0) is 12.1 Å². The highest BCUT2D eigenvalue weighted by atomic mass is 35.5. The molecule has 1 rings (SSSR count). The molecule has 5 nitrogen and oxygen atoms in total. The van der Waals surface area contributed by atoms with Crippen LogP contribution >= 0.6 is 11.6 Å². The minimum Gasteiger partial charge on any atom is -0.384 e. The highest BCUT2D eigenvalue weighted by Crippen LogP contribution is 2.14. The van der Waals surface area contributed by atoms with Gasteiger partial charge in [-0.15, -0.1) is 0 Å². The molecule has 6 heteroatoms. The summed E-state index contributed by atoms with van der Waals surface area (Å²) in [6, 6.07) is 3.07. The minimum absolute atomic E-state index is 0.132. The van der Waals surface area contributed by atoms with Crippen LogP contribution in [0, 0.1) is 0 Å². The number of carbonyl (C=O) groups excluding carboxylic acids is 1. The third-order valence-corrected chi connectivity index (χ3v) is 1.98. The van der Waals surface area contributed by atoms with Crippen LogP contribution in [0.15, 0.2) is 12.1 Å². The molecule has 0 fully saturated rings. The summed E-state index contributed by atoms with van der Waals surface area (Å²) in [5.74, 6) is -0.0966. The lowest BCUT2D eigenvalue weighted by molar-refractivity contribution is 0.0932. The van der Waals surface area contributed by atoms with Crippen molar-refractivity contribution in [1.29, 1.82) is 0 Å². The average molecular weight is 230 g/mol. The first kappa shape index (κ1) is 11.7. The number of aromatic nitrogens is 1. The predicted octanol–water partition coefficient (Wildman–Crippen LogP) is 0.693. The smallest absolute Gasteiger partial charge is 0.271 e. The first-order valence-corrected chi connectivity index (χ1v) is 4.72. The van der Waals surface area contributed by atoms with Crippen molar-refractivity contribution in [1.82, 2.24) is 10.3 Å². The third kappa shape index (κ3) is 3.38. The van der Waals surface area contributed by atoms with Gasteiger partial charge in [0.1, 0.15) is 11.5 Å². The van der Waals surface area contributed by atoms with E-state index < -0.39 is 0 Å². The van der Waals surface area contributed by atoms with E-state index in [0.29, 0.717) is 13.2 Å². The second kappa shape index (κ2) is 5.53. The van der Waals surface area contributed by atoms with Crippen LogP contribution in [-0.4, -0.2) is 31.2 Å². The molecule has 1 amide bonds. The molecule has 1 aromatic heterocycles. The molecule has 0 aliphatic heterocycles. The van der Waals surface area contributed by atoms with Crippen molar-refractivity contribution < 1.29 is 9.53 Å². The lowest BCUT2D eigenvalue weighted by Gasteiger charge is -2.05. The van der Waals surface area contributed by atoms with Crippen molar-refractivity contribution in [2.45, 2.75) is 0 Å². The van der Waals surface area contributed by atoms with Gasteiger partial charge in [0.15, 0.2) is 0 Å². The van der Waals surface area contributed by atoms with Gasteiger partial charge in [0, 0.05) is 13.7 Å². The molecule has 1 heterocycles. The van der Waals surface area contributed by atoms with E-state index in [1.807, 2.05) is 0 Å². The standard InChI is InChI=1S/C9H12ClN3O2/c1-15-5-4-12-9(14)8-6(10)2-3-7(11)13-8/h2-3H,4-5H2,1H3,(H2,11,13)(H,12,14). The fourth-order valence-corrected chi connectivity index (χ4v) is 1.16. The maximum Gasteiger partial charge on any atom is 0.271 e. The fourth-order valence-electron chi connectivity index (χ4n) is 0.967. The van der Waals surface area contributed by atoms with E-state index in [1.54, 1.807) is 7.11 Å². The van der Waals surface area contributed by atoms with Gasteiger partial charge in [0.05, 0.1) is 11.6 Å². The Morgan fingerprint density at radius 1 is 1.67 bits per heavy atom.